The molecule has 0 fully saturated rings. The van der Waals surface area contributed by atoms with Gasteiger partial charge in [0.15, 0.2) is 0 Å². The fourth-order valence-electron chi connectivity index (χ4n) is 2.64. The summed E-state index contributed by atoms with van der Waals surface area (Å²) in [5, 5.41) is 3.07. The Morgan fingerprint density at radius 2 is 2.00 bits per heavy atom. The maximum absolute atomic E-state index is 12.8. The number of anilines is 1. The number of aryl methyl sites for hydroxylation is 2. The number of carbonyl (C=O) groups is 2. The number of benzene rings is 1. The van der Waals surface area contributed by atoms with Crippen LogP contribution in [0.25, 0.3) is 5.65 Å². The number of carbonyl (C=O) groups excluding carboxylic acids is 2. The molecule has 1 amide bonds. The molecule has 3 aromatic rings. The zero-order valence-electron chi connectivity index (χ0n) is 14.0. The summed E-state index contributed by atoms with van der Waals surface area (Å²) < 4.78 is 6.42. The van der Waals surface area contributed by atoms with Gasteiger partial charge in [0, 0.05) is 6.20 Å². The minimum absolute atomic E-state index is 0.299. The number of hydrogen-bond donors (Lipinski definition) is 1. The number of amides is 1. The van der Waals surface area contributed by atoms with Crippen molar-refractivity contribution in [3.63, 3.8) is 0 Å². The second kappa shape index (κ2) is 6.57. The number of esters is 1. The fourth-order valence-corrected chi connectivity index (χ4v) is 2.80. The molecule has 1 aromatic carbocycles. The van der Waals surface area contributed by atoms with Crippen molar-refractivity contribution >= 4 is 34.8 Å². The zero-order chi connectivity index (χ0) is 18.1. The number of pyridine rings is 1. The third-order valence-corrected chi connectivity index (χ3v) is 4.20. The first-order valence-electron chi connectivity index (χ1n) is 7.56. The van der Waals surface area contributed by atoms with E-state index in [0.29, 0.717) is 27.7 Å². The maximum atomic E-state index is 12.8. The van der Waals surface area contributed by atoms with E-state index in [4.69, 9.17) is 11.6 Å². The lowest BCUT2D eigenvalue weighted by Crippen LogP contribution is -2.16. The largest absolute Gasteiger partial charge is 0.465 e. The van der Waals surface area contributed by atoms with Crippen LogP contribution in [0.5, 0.6) is 0 Å². The van der Waals surface area contributed by atoms with Gasteiger partial charge < -0.3 is 10.1 Å². The minimum Gasteiger partial charge on any atom is -0.465 e. The number of nitrogens with one attached hydrogen (secondary N) is 1. The topological polar surface area (TPSA) is 72.7 Å². The van der Waals surface area contributed by atoms with Crippen LogP contribution in [-0.4, -0.2) is 28.4 Å². The first-order chi connectivity index (χ1) is 11.9. The molecule has 2 heterocycles. The van der Waals surface area contributed by atoms with Crippen LogP contribution in [0.4, 0.5) is 5.69 Å². The van der Waals surface area contributed by atoms with Crippen molar-refractivity contribution in [3.05, 3.63) is 64.1 Å². The van der Waals surface area contributed by atoms with Crippen LogP contribution in [-0.2, 0) is 4.74 Å². The number of halogens is 1. The Kier molecular flexibility index (Phi) is 4.46. The van der Waals surface area contributed by atoms with Crippen LogP contribution in [0.3, 0.4) is 0 Å². The average molecular weight is 358 g/mol. The summed E-state index contributed by atoms with van der Waals surface area (Å²) in [6, 6.07) is 8.34. The van der Waals surface area contributed by atoms with Gasteiger partial charge in [0.2, 0.25) is 0 Å². The van der Waals surface area contributed by atoms with E-state index in [9.17, 15) is 9.59 Å². The second-order valence-electron chi connectivity index (χ2n) is 5.57. The Bertz CT molecular complexity index is 995. The molecule has 0 atom stereocenters. The van der Waals surface area contributed by atoms with Gasteiger partial charge in [-0.1, -0.05) is 17.7 Å². The highest BCUT2D eigenvalue weighted by atomic mass is 35.5. The third-order valence-electron chi connectivity index (χ3n) is 3.87. The van der Waals surface area contributed by atoms with Gasteiger partial charge in [-0.25, -0.2) is 9.78 Å². The highest BCUT2D eigenvalue weighted by molar-refractivity contribution is 6.34. The lowest BCUT2D eigenvalue weighted by Gasteiger charge is -2.09. The molecule has 0 saturated carbocycles. The van der Waals surface area contributed by atoms with Crippen LogP contribution in [0.15, 0.2) is 36.5 Å². The molecule has 128 valence electrons. The van der Waals surface area contributed by atoms with E-state index in [2.05, 4.69) is 15.0 Å². The van der Waals surface area contributed by atoms with E-state index >= 15 is 0 Å². The van der Waals surface area contributed by atoms with E-state index in [-0.39, 0.29) is 5.91 Å². The molecule has 0 aliphatic carbocycles. The number of hydrogen-bond acceptors (Lipinski definition) is 4. The summed E-state index contributed by atoms with van der Waals surface area (Å²) >= 11 is 6.14. The monoisotopic (exact) mass is 357 g/mol. The van der Waals surface area contributed by atoms with Gasteiger partial charge in [-0.3, -0.25) is 9.20 Å². The van der Waals surface area contributed by atoms with Gasteiger partial charge in [0.1, 0.15) is 11.3 Å². The Morgan fingerprint density at radius 3 is 2.72 bits per heavy atom. The molecular weight excluding hydrogens is 342 g/mol. The maximum Gasteiger partial charge on any atom is 0.337 e. The van der Waals surface area contributed by atoms with Crippen LogP contribution in [0.2, 0.25) is 5.02 Å². The number of fused-ring (bicyclic) bond motifs is 1. The average Bonchev–Trinajstić information content (AvgIpc) is 2.93. The third kappa shape index (κ3) is 3.08. The normalized spacial score (nSPS) is 10.7. The van der Waals surface area contributed by atoms with Crippen molar-refractivity contribution in [2.24, 2.45) is 0 Å². The Morgan fingerprint density at radius 1 is 1.24 bits per heavy atom. The molecule has 2 aromatic heterocycles. The van der Waals surface area contributed by atoms with Crippen molar-refractivity contribution in [1.82, 2.24) is 9.38 Å². The van der Waals surface area contributed by atoms with Crippen molar-refractivity contribution in [1.29, 1.82) is 0 Å². The predicted octanol–water partition coefficient (Wildman–Crippen LogP) is 3.64. The molecule has 25 heavy (non-hydrogen) atoms. The molecule has 0 aliphatic rings. The molecule has 6 nitrogen and oxygen atoms in total. The Hall–Kier alpha value is -2.86. The number of aromatic nitrogens is 2. The van der Waals surface area contributed by atoms with E-state index in [1.165, 1.54) is 25.3 Å². The minimum atomic E-state index is -0.506. The highest BCUT2D eigenvalue weighted by Gasteiger charge is 2.19. The SMILES string of the molecule is COC(=O)c1ccc(Cl)c(NC(=O)c2c(C)nc3c(C)cccn23)c1. The van der Waals surface area contributed by atoms with E-state index < -0.39 is 5.97 Å². The summed E-state index contributed by atoms with van der Waals surface area (Å²) in [5.74, 6) is -0.867. The number of methoxy groups -OCH3 is 1. The molecule has 0 unspecified atom stereocenters. The van der Waals surface area contributed by atoms with Crippen LogP contribution in [0.1, 0.15) is 32.1 Å². The molecule has 7 heteroatoms. The molecule has 0 saturated heterocycles. The van der Waals surface area contributed by atoms with Gasteiger partial charge in [-0.05, 0) is 43.7 Å². The van der Waals surface area contributed by atoms with Crippen LogP contribution in [0, 0.1) is 13.8 Å². The second-order valence-corrected chi connectivity index (χ2v) is 5.98. The summed E-state index contributed by atoms with van der Waals surface area (Å²) in [6.45, 7) is 3.70. The van der Waals surface area contributed by atoms with Crippen molar-refractivity contribution in [3.8, 4) is 0 Å². The van der Waals surface area contributed by atoms with E-state index in [0.717, 1.165) is 11.2 Å². The van der Waals surface area contributed by atoms with Crippen LogP contribution < -0.4 is 5.32 Å². The highest BCUT2D eigenvalue weighted by Crippen LogP contribution is 2.25. The van der Waals surface area contributed by atoms with Gasteiger partial charge >= 0.3 is 5.97 Å². The Balaban J connectivity index is 2.00. The summed E-state index contributed by atoms with van der Waals surface area (Å²) in [4.78, 5) is 28.9. The van der Waals surface area contributed by atoms with E-state index in [1.54, 1.807) is 17.5 Å². The summed E-state index contributed by atoms with van der Waals surface area (Å²) in [5.41, 5.74) is 3.34. The number of nitrogens with zero attached hydrogens (tertiary/aromatic N) is 2. The Labute approximate surface area is 149 Å². The van der Waals surface area contributed by atoms with E-state index in [1.807, 2.05) is 19.1 Å². The number of imidazole rings is 1. The summed E-state index contributed by atoms with van der Waals surface area (Å²) in [7, 11) is 1.29. The molecule has 0 aliphatic heterocycles. The lowest BCUT2D eigenvalue weighted by atomic mass is 10.2. The molecule has 1 N–H and O–H groups in total. The smallest absolute Gasteiger partial charge is 0.337 e. The van der Waals surface area contributed by atoms with Crippen molar-refractivity contribution < 1.29 is 14.3 Å². The van der Waals surface area contributed by atoms with Crippen molar-refractivity contribution in [2.45, 2.75) is 13.8 Å². The molecule has 0 radical (unpaired) electrons. The number of rotatable bonds is 3. The lowest BCUT2D eigenvalue weighted by molar-refractivity contribution is 0.0600. The molecular formula is C18H16ClN3O3. The molecule has 3 rings (SSSR count). The first kappa shape index (κ1) is 17.0. The standard InChI is InChI=1S/C18H16ClN3O3/c1-10-5-4-8-22-15(11(2)20-16(10)22)17(23)21-14-9-12(18(24)25-3)6-7-13(14)19/h4-9H,1-3H3,(H,21,23). The number of ether oxygens (including phenoxy) is 1. The van der Waals surface area contributed by atoms with Gasteiger partial charge in [-0.15, -0.1) is 0 Å². The summed E-state index contributed by atoms with van der Waals surface area (Å²) in [6.07, 6.45) is 1.78. The quantitative estimate of drug-likeness (QED) is 0.726. The molecule has 0 spiro atoms. The van der Waals surface area contributed by atoms with Crippen LogP contribution >= 0.6 is 11.6 Å². The fraction of sp³-hybridized carbons (Fsp3) is 0.167. The molecule has 0 bridgehead atoms. The van der Waals surface area contributed by atoms with Gasteiger partial charge in [0.25, 0.3) is 5.91 Å². The first-order valence-corrected chi connectivity index (χ1v) is 7.93. The predicted molar refractivity (Wildman–Crippen MR) is 95.4 cm³/mol. The van der Waals surface area contributed by atoms with Crippen molar-refractivity contribution in [2.75, 3.05) is 12.4 Å². The van der Waals surface area contributed by atoms with Gasteiger partial charge in [0.05, 0.1) is 29.1 Å². The zero-order valence-corrected chi connectivity index (χ0v) is 14.7. The van der Waals surface area contributed by atoms with Gasteiger partial charge in [-0.2, -0.15) is 0 Å².